The Labute approximate surface area is 244 Å². The molecule has 40 heavy (non-hydrogen) atoms. The fourth-order valence-corrected chi connectivity index (χ4v) is 6.19. The van der Waals surface area contributed by atoms with Gasteiger partial charge in [-0.2, -0.15) is 5.26 Å². The van der Waals surface area contributed by atoms with Gasteiger partial charge in [-0.25, -0.2) is 8.78 Å². The smallest absolute Gasteiger partial charge is 0.237 e. The summed E-state index contributed by atoms with van der Waals surface area (Å²) in [5.41, 5.74) is -1.42. The summed E-state index contributed by atoms with van der Waals surface area (Å²) in [4.78, 5) is 13.8. The van der Waals surface area contributed by atoms with Crippen LogP contribution in [0, 0.1) is 28.4 Å². The summed E-state index contributed by atoms with van der Waals surface area (Å²) in [7, 11) is 0. The van der Waals surface area contributed by atoms with Crippen LogP contribution in [0.4, 0.5) is 8.78 Å². The number of carbonyl (C=O) groups is 1. The lowest BCUT2D eigenvalue weighted by Crippen LogP contribution is -2.46. The molecule has 4 rings (SSSR count). The minimum absolute atomic E-state index is 0.0998. The Balaban J connectivity index is 1.78. The first-order valence-corrected chi connectivity index (χ1v) is 14.1. The molecule has 10 heteroatoms. The quantitative estimate of drug-likeness (QED) is 0.396. The van der Waals surface area contributed by atoms with Crippen LogP contribution in [0.3, 0.4) is 0 Å². The average Bonchev–Trinajstić information content (AvgIpc) is 3.38. The van der Waals surface area contributed by atoms with E-state index < -0.39 is 46.7 Å². The van der Waals surface area contributed by atoms with Crippen molar-refractivity contribution in [2.75, 3.05) is 13.2 Å². The van der Waals surface area contributed by atoms with E-state index in [1.807, 2.05) is 34.6 Å². The first-order chi connectivity index (χ1) is 18.7. The largest absolute Gasteiger partial charge is 0.355 e. The lowest BCUT2D eigenvalue weighted by molar-refractivity contribution is -0.138. The molecule has 0 radical (unpaired) electrons. The van der Waals surface area contributed by atoms with Crippen LogP contribution in [-0.2, 0) is 19.7 Å². The summed E-state index contributed by atoms with van der Waals surface area (Å²) in [6.45, 7) is 10.4. The number of halogens is 4. The van der Waals surface area contributed by atoms with E-state index in [9.17, 15) is 14.4 Å². The van der Waals surface area contributed by atoms with Crippen LogP contribution in [0.15, 0.2) is 36.4 Å². The molecule has 0 aliphatic carbocycles. The molecule has 2 heterocycles. The number of amides is 1. The van der Waals surface area contributed by atoms with E-state index in [1.165, 1.54) is 24.3 Å². The maximum atomic E-state index is 15.7. The van der Waals surface area contributed by atoms with Crippen molar-refractivity contribution in [1.29, 1.82) is 5.26 Å². The number of ether oxygens (including phenoxy) is 2. The van der Waals surface area contributed by atoms with Crippen molar-refractivity contribution in [2.24, 2.45) is 5.41 Å². The third kappa shape index (κ3) is 6.14. The zero-order valence-electron chi connectivity index (χ0n) is 23.3. The third-order valence-corrected chi connectivity index (χ3v) is 8.18. The Kier molecular flexibility index (Phi) is 8.85. The molecule has 0 bridgehead atoms. The predicted octanol–water partition coefficient (Wildman–Crippen LogP) is 6.25. The van der Waals surface area contributed by atoms with E-state index in [2.05, 4.69) is 16.7 Å². The lowest BCUT2D eigenvalue weighted by Gasteiger charge is -2.37. The van der Waals surface area contributed by atoms with Gasteiger partial charge in [-0.3, -0.25) is 4.79 Å². The highest BCUT2D eigenvalue weighted by Crippen LogP contribution is 2.52. The zero-order chi connectivity index (χ0) is 29.5. The number of hydrogen-bond donors (Lipinski definition) is 2. The second-order valence-electron chi connectivity index (χ2n) is 12.2. The predicted molar refractivity (Wildman–Crippen MR) is 150 cm³/mol. The molecular formula is C30H35Cl2F2N3O3. The molecule has 2 aromatic carbocycles. The molecule has 1 amide bonds. The summed E-state index contributed by atoms with van der Waals surface area (Å²) >= 11 is 12.2. The van der Waals surface area contributed by atoms with Crippen molar-refractivity contribution < 1.29 is 23.0 Å². The summed E-state index contributed by atoms with van der Waals surface area (Å²) in [5.74, 6) is -3.56. The standard InChI is InChI=1S/C30H35Cl2F2N3O3/c1-28(2,3)14-23-30(16-35,17-9-10-20(31)22(33)13-17)24(19-7-6-8-21(32)25(19)34)26(37-23)27(38)36-12-11-18-15-39-29(4,5)40-18/h6-10,13,18,23-24,26,37H,11-12,14-15H2,1-5H3,(H,36,38)/t18-,23-,24-,26+,30-/m0/s1. The van der Waals surface area contributed by atoms with Gasteiger partial charge in [-0.05, 0) is 61.4 Å². The normalized spacial score (nSPS) is 27.9. The number of benzene rings is 2. The van der Waals surface area contributed by atoms with Gasteiger partial charge in [0, 0.05) is 18.5 Å². The molecule has 2 aromatic rings. The first-order valence-electron chi connectivity index (χ1n) is 13.3. The molecule has 0 spiro atoms. The SMILES string of the molecule is CC(C)(C)C[C@@H]1N[C@@H](C(=O)NCC[C@H]2COC(C)(C)O2)[C@H](c2cccc(Cl)c2F)[C@@]1(C#N)c1ccc(Cl)c(F)c1. The second-order valence-corrected chi connectivity index (χ2v) is 13.0. The van der Waals surface area contributed by atoms with Crippen LogP contribution in [0.5, 0.6) is 0 Å². The number of hydrogen-bond acceptors (Lipinski definition) is 5. The van der Waals surface area contributed by atoms with Crippen LogP contribution < -0.4 is 10.6 Å². The van der Waals surface area contributed by atoms with Gasteiger partial charge >= 0.3 is 0 Å². The number of nitrogens with zero attached hydrogens (tertiary/aromatic N) is 1. The zero-order valence-corrected chi connectivity index (χ0v) is 24.8. The van der Waals surface area contributed by atoms with Crippen LogP contribution in [0.25, 0.3) is 0 Å². The number of nitrogens with one attached hydrogen (secondary N) is 2. The number of nitriles is 1. The van der Waals surface area contributed by atoms with Gasteiger partial charge in [0.15, 0.2) is 5.79 Å². The van der Waals surface area contributed by atoms with Crippen molar-refractivity contribution in [1.82, 2.24) is 10.6 Å². The Hall–Kier alpha value is -2.28. The van der Waals surface area contributed by atoms with Crippen LogP contribution >= 0.6 is 23.2 Å². The van der Waals surface area contributed by atoms with Gasteiger partial charge in [-0.15, -0.1) is 0 Å². The van der Waals surface area contributed by atoms with Crippen molar-refractivity contribution in [3.63, 3.8) is 0 Å². The Bertz CT molecular complexity index is 1310. The highest BCUT2D eigenvalue weighted by molar-refractivity contribution is 6.31. The molecule has 0 saturated carbocycles. The van der Waals surface area contributed by atoms with E-state index in [1.54, 1.807) is 12.1 Å². The molecule has 0 aromatic heterocycles. The van der Waals surface area contributed by atoms with Crippen LogP contribution in [0.1, 0.15) is 64.5 Å². The molecule has 216 valence electrons. The fraction of sp³-hybridized carbons (Fsp3) is 0.533. The van der Waals surface area contributed by atoms with Crippen molar-refractivity contribution >= 4 is 29.1 Å². The third-order valence-electron chi connectivity index (χ3n) is 7.58. The molecular weight excluding hydrogens is 559 g/mol. The van der Waals surface area contributed by atoms with E-state index in [4.69, 9.17) is 32.7 Å². The van der Waals surface area contributed by atoms with Crippen molar-refractivity contribution in [2.45, 2.75) is 82.8 Å². The highest BCUT2D eigenvalue weighted by Gasteiger charge is 2.60. The number of carbonyl (C=O) groups excluding carboxylic acids is 1. The van der Waals surface area contributed by atoms with Crippen LogP contribution in [0.2, 0.25) is 10.0 Å². The van der Waals surface area contributed by atoms with Crippen molar-refractivity contribution in [3.8, 4) is 6.07 Å². The van der Waals surface area contributed by atoms with Gasteiger partial charge in [-0.1, -0.05) is 62.2 Å². The summed E-state index contributed by atoms with van der Waals surface area (Å²) < 4.78 is 42.0. The summed E-state index contributed by atoms with van der Waals surface area (Å²) in [6.07, 6.45) is 0.766. The van der Waals surface area contributed by atoms with Gasteiger partial charge in [0.25, 0.3) is 0 Å². The summed E-state index contributed by atoms with van der Waals surface area (Å²) in [6, 6.07) is 9.42. The summed E-state index contributed by atoms with van der Waals surface area (Å²) in [5, 5.41) is 16.9. The van der Waals surface area contributed by atoms with E-state index in [0.717, 1.165) is 0 Å². The topological polar surface area (TPSA) is 83.4 Å². The Morgan fingerprint density at radius 1 is 1.20 bits per heavy atom. The lowest BCUT2D eigenvalue weighted by atomic mass is 9.63. The van der Waals surface area contributed by atoms with Gasteiger partial charge in [0.05, 0.1) is 34.9 Å². The van der Waals surface area contributed by atoms with Crippen LogP contribution in [-0.4, -0.2) is 43.0 Å². The molecule has 6 nitrogen and oxygen atoms in total. The Morgan fingerprint density at radius 2 is 1.93 bits per heavy atom. The molecule has 2 saturated heterocycles. The van der Waals surface area contributed by atoms with E-state index >= 15 is 4.39 Å². The van der Waals surface area contributed by atoms with E-state index in [-0.39, 0.29) is 33.7 Å². The minimum atomic E-state index is -1.53. The molecule has 2 aliphatic rings. The van der Waals surface area contributed by atoms with Gasteiger partial charge < -0.3 is 20.1 Å². The average molecular weight is 595 g/mol. The molecule has 5 atom stereocenters. The molecule has 2 fully saturated rings. The van der Waals surface area contributed by atoms with Gasteiger partial charge in [0.1, 0.15) is 17.0 Å². The fourth-order valence-electron chi connectivity index (χ4n) is 5.89. The first kappa shape index (κ1) is 30.7. The second kappa shape index (κ2) is 11.5. The molecule has 0 unspecified atom stereocenters. The van der Waals surface area contributed by atoms with Crippen molar-refractivity contribution in [3.05, 3.63) is 69.2 Å². The molecule has 2 N–H and O–H groups in total. The highest BCUT2D eigenvalue weighted by atomic mass is 35.5. The van der Waals surface area contributed by atoms with Gasteiger partial charge in [0.2, 0.25) is 5.91 Å². The molecule has 2 aliphatic heterocycles. The monoisotopic (exact) mass is 593 g/mol. The minimum Gasteiger partial charge on any atom is -0.355 e. The maximum Gasteiger partial charge on any atom is 0.237 e. The Morgan fingerprint density at radius 3 is 2.52 bits per heavy atom. The van der Waals surface area contributed by atoms with E-state index in [0.29, 0.717) is 25.0 Å². The number of rotatable bonds is 7. The maximum absolute atomic E-state index is 15.7.